The Bertz CT molecular complexity index is 1240. The Labute approximate surface area is 203 Å². The topological polar surface area (TPSA) is 78.5 Å². The van der Waals surface area contributed by atoms with Gasteiger partial charge in [0.25, 0.3) is 11.8 Å². The van der Waals surface area contributed by atoms with Gasteiger partial charge in [0.15, 0.2) is 0 Å². The van der Waals surface area contributed by atoms with E-state index in [1.54, 1.807) is 23.1 Å². The SMILES string of the molecule is O=C(Nc1sc2c(c1C(=O)NCc1ccccc1)CCCC2)c1cccc(N2CCCC2=O)c1. The number of carbonyl (C=O) groups excluding carboxylic acids is 3. The van der Waals surface area contributed by atoms with Gasteiger partial charge >= 0.3 is 0 Å². The molecule has 34 heavy (non-hydrogen) atoms. The van der Waals surface area contributed by atoms with Crippen LogP contribution in [-0.4, -0.2) is 24.3 Å². The molecular weight excluding hydrogens is 446 g/mol. The fraction of sp³-hybridized carbons (Fsp3) is 0.296. The summed E-state index contributed by atoms with van der Waals surface area (Å²) in [4.78, 5) is 41.5. The van der Waals surface area contributed by atoms with Gasteiger partial charge in [-0.15, -0.1) is 11.3 Å². The Kier molecular flexibility index (Phi) is 6.45. The van der Waals surface area contributed by atoms with Gasteiger partial charge in [0.2, 0.25) is 5.91 Å². The minimum atomic E-state index is -0.274. The molecule has 2 aromatic carbocycles. The molecule has 1 aliphatic heterocycles. The molecule has 0 radical (unpaired) electrons. The van der Waals surface area contributed by atoms with Gasteiger partial charge in [-0.05, 0) is 61.4 Å². The molecule has 2 N–H and O–H groups in total. The molecule has 0 saturated carbocycles. The first-order valence-corrected chi connectivity index (χ1v) is 12.6. The summed E-state index contributed by atoms with van der Waals surface area (Å²) in [7, 11) is 0. The number of carbonyl (C=O) groups is 3. The monoisotopic (exact) mass is 473 g/mol. The van der Waals surface area contributed by atoms with Crippen LogP contribution in [0.5, 0.6) is 0 Å². The van der Waals surface area contributed by atoms with Crippen LogP contribution in [0.15, 0.2) is 54.6 Å². The lowest BCUT2D eigenvalue weighted by molar-refractivity contribution is -0.117. The van der Waals surface area contributed by atoms with Gasteiger partial charge in [-0.2, -0.15) is 0 Å². The van der Waals surface area contributed by atoms with E-state index in [9.17, 15) is 14.4 Å². The van der Waals surface area contributed by atoms with Crippen molar-refractivity contribution in [2.75, 3.05) is 16.8 Å². The number of rotatable bonds is 6. The summed E-state index contributed by atoms with van der Waals surface area (Å²) in [5.74, 6) is -0.347. The molecule has 3 amide bonds. The molecule has 0 unspecified atom stereocenters. The number of thiophene rings is 1. The van der Waals surface area contributed by atoms with Crippen LogP contribution in [0.25, 0.3) is 0 Å². The highest BCUT2D eigenvalue weighted by Crippen LogP contribution is 2.38. The molecule has 7 heteroatoms. The average molecular weight is 474 g/mol. The number of anilines is 2. The van der Waals surface area contributed by atoms with Crippen molar-refractivity contribution < 1.29 is 14.4 Å². The summed E-state index contributed by atoms with van der Waals surface area (Å²) < 4.78 is 0. The van der Waals surface area contributed by atoms with Gasteiger partial charge < -0.3 is 15.5 Å². The molecule has 1 saturated heterocycles. The second-order valence-electron chi connectivity index (χ2n) is 8.74. The lowest BCUT2D eigenvalue weighted by Crippen LogP contribution is -2.26. The molecule has 174 valence electrons. The van der Waals surface area contributed by atoms with Gasteiger partial charge in [-0.3, -0.25) is 14.4 Å². The van der Waals surface area contributed by atoms with Crippen molar-refractivity contribution in [3.05, 3.63) is 81.7 Å². The molecule has 2 heterocycles. The predicted molar refractivity (Wildman–Crippen MR) is 135 cm³/mol. The van der Waals surface area contributed by atoms with Crippen LogP contribution in [0.4, 0.5) is 10.7 Å². The highest BCUT2D eigenvalue weighted by atomic mass is 32.1. The highest BCUT2D eigenvalue weighted by molar-refractivity contribution is 7.17. The fourth-order valence-electron chi connectivity index (χ4n) is 4.67. The third-order valence-electron chi connectivity index (χ3n) is 6.41. The average Bonchev–Trinajstić information content (AvgIpc) is 3.46. The van der Waals surface area contributed by atoms with Crippen LogP contribution in [0.1, 0.15) is 62.4 Å². The van der Waals surface area contributed by atoms with Crippen molar-refractivity contribution in [3.8, 4) is 0 Å². The number of nitrogens with zero attached hydrogens (tertiary/aromatic N) is 1. The largest absolute Gasteiger partial charge is 0.348 e. The van der Waals surface area contributed by atoms with Gasteiger partial charge in [0.1, 0.15) is 5.00 Å². The molecule has 0 atom stereocenters. The lowest BCUT2D eigenvalue weighted by Gasteiger charge is -2.16. The number of benzene rings is 2. The minimum Gasteiger partial charge on any atom is -0.348 e. The van der Waals surface area contributed by atoms with E-state index in [1.807, 2.05) is 36.4 Å². The van der Waals surface area contributed by atoms with Gasteiger partial charge in [-0.25, -0.2) is 0 Å². The van der Waals surface area contributed by atoms with Crippen LogP contribution < -0.4 is 15.5 Å². The molecular formula is C27H27N3O3S. The van der Waals surface area contributed by atoms with E-state index < -0.39 is 0 Å². The van der Waals surface area contributed by atoms with E-state index in [2.05, 4.69) is 10.6 Å². The number of hydrogen-bond acceptors (Lipinski definition) is 4. The van der Waals surface area contributed by atoms with Crippen molar-refractivity contribution in [2.45, 2.75) is 45.1 Å². The standard InChI is InChI=1S/C27H27N3O3S/c31-23-14-7-15-30(23)20-11-6-10-19(16-20)25(32)29-27-24(21-12-4-5-13-22(21)34-27)26(33)28-17-18-8-2-1-3-9-18/h1-3,6,8-11,16H,4-5,7,12-15,17H2,(H,28,33)(H,29,32). The van der Waals surface area contributed by atoms with Gasteiger partial charge in [0.05, 0.1) is 5.56 Å². The summed E-state index contributed by atoms with van der Waals surface area (Å²) in [6.07, 6.45) is 5.29. The van der Waals surface area contributed by atoms with Crippen molar-refractivity contribution >= 4 is 39.7 Å². The van der Waals surface area contributed by atoms with Crippen molar-refractivity contribution in [1.82, 2.24) is 5.32 Å². The molecule has 3 aromatic rings. The fourth-order valence-corrected chi connectivity index (χ4v) is 5.95. The van der Waals surface area contributed by atoms with Gasteiger partial charge in [-0.1, -0.05) is 36.4 Å². The number of nitrogens with one attached hydrogen (secondary N) is 2. The van der Waals surface area contributed by atoms with Crippen LogP contribution in [0.3, 0.4) is 0 Å². The molecule has 5 rings (SSSR count). The second kappa shape index (κ2) is 9.81. The third-order valence-corrected chi connectivity index (χ3v) is 7.62. The number of aryl methyl sites for hydroxylation is 1. The number of fused-ring (bicyclic) bond motifs is 1. The molecule has 2 aliphatic rings. The minimum absolute atomic E-state index is 0.0841. The van der Waals surface area contributed by atoms with Crippen molar-refractivity contribution in [1.29, 1.82) is 0 Å². The normalized spacial score (nSPS) is 15.2. The Balaban J connectivity index is 1.38. The summed E-state index contributed by atoms with van der Waals surface area (Å²) in [6.45, 7) is 1.11. The summed E-state index contributed by atoms with van der Waals surface area (Å²) >= 11 is 1.51. The summed E-state index contributed by atoms with van der Waals surface area (Å²) in [5.41, 5.74) is 3.89. The quantitative estimate of drug-likeness (QED) is 0.533. The zero-order valence-corrected chi connectivity index (χ0v) is 19.7. The lowest BCUT2D eigenvalue weighted by atomic mass is 9.95. The van der Waals surface area contributed by atoms with E-state index in [0.29, 0.717) is 35.6 Å². The van der Waals surface area contributed by atoms with E-state index in [1.165, 1.54) is 16.2 Å². The van der Waals surface area contributed by atoms with Crippen LogP contribution in [0, 0.1) is 0 Å². The third kappa shape index (κ3) is 4.61. The maximum Gasteiger partial charge on any atom is 0.256 e. The Hall–Kier alpha value is -3.45. The molecule has 1 fully saturated rings. The first kappa shape index (κ1) is 22.3. The van der Waals surface area contributed by atoms with E-state index in [4.69, 9.17) is 0 Å². The molecule has 1 aromatic heterocycles. The Morgan fingerprint density at radius 2 is 1.74 bits per heavy atom. The zero-order valence-electron chi connectivity index (χ0n) is 18.9. The van der Waals surface area contributed by atoms with Crippen molar-refractivity contribution in [3.63, 3.8) is 0 Å². The first-order chi connectivity index (χ1) is 16.6. The highest BCUT2D eigenvalue weighted by Gasteiger charge is 2.27. The van der Waals surface area contributed by atoms with Gasteiger partial charge in [0, 0.05) is 35.6 Å². The Morgan fingerprint density at radius 3 is 2.53 bits per heavy atom. The first-order valence-electron chi connectivity index (χ1n) is 11.8. The summed E-state index contributed by atoms with van der Waals surface area (Å²) in [5, 5.41) is 6.64. The molecule has 1 aliphatic carbocycles. The summed E-state index contributed by atoms with van der Waals surface area (Å²) in [6, 6.07) is 16.9. The molecule has 0 bridgehead atoms. The van der Waals surface area contributed by atoms with Crippen LogP contribution in [0.2, 0.25) is 0 Å². The smallest absolute Gasteiger partial charge is 0.256 e. The second-order valence-corrected chi connectivity index (χ2v) is 9.84. The predicted octanol–water partition coefficient (Wildman–Crippen LogP) is 4.94. The van der Waals surface area contributed by atoms with Crippen LogP contribution in [-0.2, 0) is 24.2 Å². The van der Waals surface area contributed by atoms with E-state index >= 15 is 0 Å². The zero-order chi connectivity index (χ0) is 23.5. The number of hydrogen-bond donors (Lipinski definition) is 2. The maximum absolute atomic E-state index is 13.3. The van der Waals surface area contributed by atoms with E-state index in [-0.39, 0.29) is 17.7 Å². The maximum atomic E-state index is 13.3. The van der Waals surface area contributed by atoms with Crippen molar-refractivity contribution in [2.24, 2.45) is 0 Å². The molecule has 0 spiro atoms. The molecule has 6 nitrogen and oxygen atoms in total. The number of amides is 3. The van der Waals surface area contributed by atoms with Crippen LogP contribution >= 0.6 is 11.3 Å². The Morgan fingerprint density at radius 1 is 0.912 bits per heavy atom. The van der Waals surface area contributed by atoms with E-state index in [0.717, 1.165) is 48.9 Å².